The summed E-state index contributed by atoms with van der Waals surface area (Å²) < 4.78 is 29.1. The molecule has 0 heterocycles. The van der Waals surface area contributed by atoms with Crippen LogP contribution in [0.2, 0.25) is 0 Å². The second-order valence-corrected chi connectivity index (χ2v) is 4.68. The molecular formula is C15H12BrF2NO2. The van der Waals surface area contributed by atoms with E-state index in [1.54, 1.807) is 18.2 Å². The average Bonchev–Trinajstić information content (AvgIpc) is 2.47. The number of benzene rings is 2. The number of hydrogen-bond donors (Lipinski definition) is 1. The van der Waals surface area contributed by atoms with Gasteiger partial charge >= 0.3 is 6.61 Å². The molecule has 0 saturated carbocycles. The van der Waals surface area contributed by atoms with Gasteiger partial charge in [-0.25, -0.2) is 0 Å². The number of alkyl halides is 3. The third-order valence-electron chi connectivity index (χ3n) is 2.76. The highest BCUT2D eigenvalue weighted by molar-refractivity contribution is 9.08. The molecule has 0 radical (unpaired) electrons. The minimum absolute atomic E-state index is 0.0576. The van der Waals surface area contributed by atoms with Crippen LogP contribution in [0.5, 0.6) is 5.75 Å². The van der Waals surface area contributed by atoms with E-state index in [0.717, 1.165) is 5.56 Å². The van der Waals surface area contributed by atoms with Crippen molar-refractivity contribution in [3.05, 3.63) is 59.7 Å². The van der Waals surface area contributed by atoms with Gasteiger partial charge in [0.15, 0.2) is 0 Å². The molecule has 2 rings (SSSR count). The van der Waals surface area contributed by atoms with E-state index in [9.17, 15) is 13.6 Å². The highest BCUT2D eigenvalue weighted by Gasteiger charge is 2.16. The molecular weight excluding hydrogens is 344 g/mol. The van der Waals surface area contributed by atoms with Crippen molar-refractivity contribution in [3.8, 4) is 5.75 Å². The summed E-state index contributed by atoms with van der Waals surface area (Å²) in [6.45, 7) is -2.98. The number of amides is 1. The number of halogens is 3. The van der Waals surface area contributed by atoms with Gasteiger partial charge < -0.3 is 10.1 Å². The van der Waals surface area contributed by atoms with Crippen molar-refractivity contribution in [2.75, 3.05) is 5.32 Å². The minimum atomic E-state index is -2.98. The summed E-state index contributed by atoms with van der Waals surface area (Å²) in [4.78, 5) is 12.2. The van der Waals surface area contributed by atoms with Crippen LogP contribution in [0.1, 0.15) is 15.9 Å². The van der Waals surface area contributed by atoms with Gasteiger partial charge in [-0.2, -0.15) is 8.78 Å². The summed E-state index contributed by atoms with van der Waals surface area (Å²) >= 11 is 3.33. The van der Waals surface area contributed by atoms with Crippen molar-refractivity contribution in [1.29, 1.82) is 0 Å². The van der Waals surface area contributed by atoms with E-state index >= 15 is 0 Å². The highest BCUT2D eigenvalue weighted by Crippen LogP contribution is 2.23. The Balaban J connectivity index is 2.24. The minimum Gasteiger partial charge on any atom is -0.434 e. The van der Waals surface area contributed by atoms with E-state index in [2.05, 4.69) is 26.0 Å². The van der Waals surface area contributed by atoms with E-state index < -0.39 is 12.5 Å². The molecule has 0 aliphatic rings. The Morgan fingerprint density at radius 3 is 2.52 bits per heavy atom. The van der Waals surface area contributed by atoms with Crippen LogP contribution < -0.4 is 10.1 Å². The first-order valence-electron chi connectivity index (χ1n) is 6.11. The maximum atomic E-state index is 12.3. The Kier molecular flexibility index (Phi) is 5.27. The Hall–Kier alpha value is -1.95. The fourth-order valence-electron chi connectivity index (χ4n) is 1.80. The van der Waals surface area contributed by atoms with Gasteiger partial charge in [0.2, 0.25) is 0 Å². The van der Waals surface area contributed by atoms with Crippen LogP contribution in [0, 0.1) is 0 Å². The van der Waals surface area contributed by atoms with Crippen molar-refractivity contribution in [2.24, 2.45) is 0 Å². The number of rotatable bonds is 5. The zero-order valence-electron chi connectivity index (χ0n) is 10.9. The Bertz CT molecular complexity index is 635. The smallest absolute Gasteiger partial charge is 0.387 e. The lowest BCUT2D eigenvalue weighted by Gasteiger charge is -2.12. The van der Waals surface area contributed by atoms with Gasteiger partial charge in [0.05, 0.1) is 5.56 Å². The summed E-state index contributed by atoms with van der Waals surface area (Å²) in [5.74, 6) is -0.652. The summed E-state index contributed by atoms with van der Waals surface area (Å²) in [6, 6.07) is 13.1. The maximum absolute atomic E-state index is 12.3. The molecule has 0 fully saturated rings. The molecule has 6 heteroatoms. The van der Waals surface area contributed by atoms with Crippen LogP contribution >= 0.6 is 15.9 Å². The number of hydrogen-bond acceptors (Lipinski definition) is 2. The fourth-order valence-corrected chi connectivity index (χ4v) is 2.29. The van der Waals surface area contributed by atoms with Crippen LogP contribution in [0.3, 0.4) is 0 Å². The van der Waals surface area contributed by atoms with E-state index in [0.29, 0.717) is 11.0 Å². The van der Waals surface area contributed by atoms with Gasteiger partial charge in [-0.15, -0.1) is 0 Å². The second-order valence-electron chi connectivity index (χ2n) is 4.12. The number of ether oxygens (including phenoxy) is 1. The largest absolute Gasteiger partial charge is 0.434 e. The van der Waals surface area contributed by atoms with E-state index in [1.165, 1.54) is 18.2 Å². The molecule has 0 spiro atoms. The number of carbonyl (C=O) groups excluding carboxylic acids is 1. The standard InChI is InChI=1S/C15H12BrF2NO2/c16-9-10-5-1-3-7-12(10)19-14(20)11-6-2-4-8-13(11)21-15(17)18/h1-8,15H,9H2,(H,19,20). The predicted octanol–water partition coefficient (Wildman–Crippen LogP) is 4.44. The fraction of sp³-hybridized carbons (Fsp3) is 0.133. The lowest BCUT2D eigenvalue weighted by atomic mass is 10.1. The lowest BCUT2D eigenvalue weighted by molar-refractivity contribution is -0.0501. The molecule has 0 atom stereocenters. The number of carbonyl (C=O) groups is 1. The summed E-state index contributed by atoms with van der Waals surface area (Å²) in [6.07, 6.45) is 0. The molecule has 110 valence electrons. The number of para-hydroxylation sites is 2. The van der Waals surface area contributed by atoms with Crippen molar-refractivity contribution in [3.63, 3.8) is 0 Å². The first-order chi connectivity index (χ1) is 10.1. The third kappa shape index (κ3) is 4.01. The van der Waals surface area contributed by atoms with Gasteiger partial charge in [-0.1, -0.05) is 46.3 Å². The van der Waals surface area contributed by atoms with Crippen LogP contribution in [0.15, 0.2) is 48.5 Å². The molecule has 0 unspecified atom stereocenters. The third-order valence-corrected chi connectivity index (χ3v) is 3.36. The molecule has 1 N–H and O–H groups in total. The molecule has 21 heavy (non-hydrogen) atoms. The lowest BCUT2D eigenvalue weighted by Crippen LogP contribution is -2.15. The maximum Gasteiger partial charge on any atom is 0.387 e. The van der Waals surface area contributed by atoms with Crippen molar-refractivity contribution < 1.29 is 18.3 Å². The van der Waals surface area contributed by atoms with E-state index in [4.69, 9.17) is 0 Å². The molecule has 2 aromatic carbocycles. The van der Waals surface area contributed by atoms with Gasteiger partial charge in [0.1, 0.15) is 5.75 Å². The second kappa shape index (κ2) is 7.17. The molecule has 1 amide bonds. The summed E-state index contributed by atoms with van der Waals surface area (Å²) in [5.41, 5.74) is 1.56. The predicted molar refractivity (Wildman–Crippen MR) is 80.1 cm³/mol. The van der Waals surface area contributed by atoms with E-state index in [1.807, 2.05) is 12.1 Å². The Labute approximate surface area is 129 Å². The van der Waals surface area contributed by atoms with Crippen LogP contribution in [0.25, 0.3) is 0 Å². The Morgan fingerprint density at radius 1 is 1.14 bits per heavy atom. The zero-order valence-corrected chi connectivity index (χ0v) is 12.4. The molecule has 0 aliphatic heterocycles. The summed E-state index contributed by atoms with van der Waals surface area (Å²) in [5, 5.41) is 3.27. The quantitative estimate of drug-likeness (QED) is 0.805. The van der Waals surface area contributed by atoms with Crippen LogP contribution in [-0.2, 0) is 5.33 Å². The SMILES string of the molecule is O=C(Nc1ccccc1CBr)c1ccccc1OC(F)F. The van der Waals surface area contributed by atoms with Crippen molar-refractivity contribution in [1.82, 2.24) is 0 Å². The molecule has 3 nitrogen and oxygen atoms in total. The number of anilines is 1. The van der Waals surface area contributed by atoms with Gasteiger partial charge in [-0.05, 0) is 23.8 Å². The van der Waals surface area contributed by atoms with Crippen molar-refractivity contribution >= 4 is 27.5 Å². The summed E-state index contributed by atoms with van der Waals surface area (Å²) in [7, 11) is 0. The molecule has 0 aromatic heterocycles. The molecule has 0 aliphatic carbocycles. The molecule has 0 saturated heterocycles. The van der Waals surface area contributed by atoms with Gasteiger partial charge in [0, 0.05) is 11.0 Å². The van der Waals surface area contributed by atoms with E-state index in [-0.39, 0.29) is 11.3 Å². The molecule has 2 aromatic rings. The monoisotopic (exact) mass is 355 g/mol. The first kappa shape index (κ1) is 15.4. The molecule has 0 bridgehead atoms. The zero-order chi connectivity index (χ0) is 15.2. The topological polar surface area (TPSA) is 38.3 Å². The van der Waals surface area contributed by atoms with Gasteiger partial charge in [0.25, 0.3) is 5.91 Å². The first-order valence-corrected chi connectivity index (χ1v) is 7.23. The Morgan fingerprint density at radius 2 is 1.81 bits per heavy atom. The van der Waals surface area contributed by atoms with Crippen molar-refractivity contribution in [2.45, 2.75) is 11.9 Å². The normalized spacial score (nSPS) is 10.5. The highest BCUT2D eigenvalue weighted by atomic mass is 79.9. The van der Waals surface area contributed by atoms with Gasteiger partial charge in [-0.3, -0.25) is 4.79 Å². The average molecular weight is 356 g/mol. The number of nitrogens with one attached hydrogen (secondary N) is 1. The van der Waals surface area contributed by atoms with Crippen LogP contribution in [0.4, 0.5) is 14.5 Å². The van der Waals surface area contributed by atoms with Crippen LogP contribution in [-0.4, -0.2) is 12.5 Å².